The van der Waals surface area contributed by atoms with Crippen molar-refractivity contribution in [2.75, 3.05) is 5.75 Å². The molecule has 0 heterocycles. The summed E-state index contributed by atoms with van der Waals surface area (Å²) in [6, 6.07) is 6.69. The molecule has 78 valence electrons. The second kappa shape index (κ2) is 4.80. The molecule has 14 heavy (non-hydrogen) atoms. The fourth-order valence-corrected chi connectivity index (χ4v) is 2.10. The fourth-order valence-electron chi connectivity index (χ4n) is 1.06. The molecule has 2 N–H and O–H groups in total. The van der Waals surface area contributed by atoms with Crippen molar-refractivity contribution in [1.29, 1.82) is 0 Å². The van der Waals surface area contributed by atoms with Gasteiger partial charge in [0, 0.05) is 17.0 Å². The first-order valence-electron chi connectivity index (χ1n) is 4.58. The summed E-state index contributed by atoms with van der Waals surface area (Å²) in [6.45, 7) is 3.98. The Morgan fingerprint density at radius 3 is 2.71 bits per heavy atom. The van der Waals surface area contributed by atoms with Crippen LogP contribution in [0.5, 0.6) is 0 Å². The van der Waals surface area contributed by atoms with Crippen molar-refractivity contribution < 1.29 is 4.39 Å². The van der Waals surface area contributed by atoms with Crippen molar-refractivity contribution in [2.24, 2.45) is 5.73 Å². The zero-order valence-corrected chi connectivity index (χ0v) is 9.40. The summed E-state index contributed by atoms with van der Waals surface area (Å²) in [4.78, 5) is 0. The van der Waals surface area contributed by atoms with E-state index in [0.29, 0.717) is 0 Å². The van der Waals surface area contributed by atoms with Gasteiger partial charge in [-0.1, -0.05) is 12.1 Å². The third kappa shape index (κ3) is 4.63. The van der Waals surface area contributed by atoms with Gasteiger partial charge in [-0.3, -0.25) is 0 Å². The van der Waals surface area contributed by atoms with E-state index in [4.69, 9.17) is 5.73 Å². The zero-order valence-electron chi connectivity index (χ0n) is 8.59. The van der Waals surface area contributed by atoms with Gasteiger partial charge in [-0.2, -0.15) is 11.8 Å². The van der Waals surface area contributed by atoms with Gasteiger partial charge in [-0.15, -0.1) is 0 Å². The summed E-state index contributed by atoms with van der Waals surface area (Å²) < 4.78 is 12.8. The maximum absolute atomic E-state index is 12.8. The highest BCUT2D eigenvalue weighted by molar-refractivity contribution is 7.98. The van der Waals surface area contributed by atoms with E-state index in [0.717, 1.165) is 17.1 Å². The second-order valence-electron chi connectivity index (χ2n) is 4.11. The highest BCUT2D eigenvalue weighted by atomic mass is 32.2. The molecule has 0 saturated heterocycles. The predicted molar refractivity (Wildman–Crippen MR) is 60.8 cm³/mol. The number of halogens is 1. The van der Waals surface area contributed by atoms with Crippen LogP contribution in [0, 0.1) is 5.82 Å². The first kappa shape index (κ1) is 11.5. The minimum Gasteiger partial charge on any atom is -0.325 e. The molecular weight excluding hydrogens is 197 g/mol. The molecule has 0 aliphatic rings. The van der Waals surface area contributed by atoms with E-state index in [1.165, 1.54) is 6.07 Å². The molecule has 0 aliphatic heterocycles. The van der Waals surface area contributed by atoms with Crippen LogP contribution in [0.25, 0.3) is 0 Å². The monoisotopic (exact) mass is 213 g/mol. The first-order valence-corrected chi connectivity index (χ1v) is 5.74. The highest BCUT2D eigenvalue weighted by Gasteiger charge is 2.09. The quantitative estimate of drug-likeness (QED) is 0.832. The topological polar surface area (TPSA) is 26.0 Å². The van der Waals surface area contributed by atoms with E-state index in [2.05, 4.69) is 0 Å². The van der Waals surface area contributed by atoms with Crippen molar-refractivity contribution in [1.82, 2.24) is 0 Å². The number of rotatable bonds is 4. The van der Waals surface area contributed by atoms with Crippen LogP contribution in [0.3, 0.4) is 0 Å². The summed E-state index contributed by atoms with van der Waals surface area (Å²) in [5.41, 5.74) is 6.69. The van der Waals surface area contributed by atoms with Gasteiger partial charge in [-0.25, -0.2) is 4.39 Å². The average molecular weight is 213 g/mol. The molecule has 0 bridgehead atoms. The van der Waals surface area contributed by atoms with E-state index in [1.807, 2.05) is 19.9 Å². The number of thioether (sulfide) groups is 1. The molecule has 0 fully saturated rings. The number of hydrogen-bond donors (Lipinski definition) is 1. The lowest BCUT2D eigenvalue weighted by Gasteiger charge is -2.17. The van der Waals surface area contributed by atoms with Crippen LogP contribution < -0.4 is 5.73 Å². The number of benzene rings is 1. The summed E-state index contributed by atoms with van der Waals surface area (Å²) in [5.74, 6) is 1.53. The lowest BCUT2D eigenvalue weighted by Crippen LogP contribution is -2.34. The molecule has 1 rings (SSSR count). The van der Waals surface area contributed by atoms with E-state index >= 15 is 0 Å². The van der Waals surface area contributed by atoms with Gasteiger partial charge in [0.15, 0.2) is 0 Å². The van der Waals surface area contributed by atoms with Gasteiger partial charge < -0.3 is 5.73 Å². The Morgan fingerprint density at radius 2 is 2.14 bits per heavy atom. The van der Waals surface area contributed by atoms with Gasteiger partial charge in [0.2, 0.25) is 0 Å². The van der Waals surface area contributed by atoms with Gasteiger partial charge in [0.25, 0.3) is 0 Å². The highest BCUT2D eigenvalue weighted by Crippen LogP contribution is 2.16. The van der Waals surface area contributed by atoms with E-state index in [9.17, 15) is 4.39 Å². The molecule has 0 saturated carbocycles. The Morgan fingerprint density at radius 1 is 1.43 bits per heavy atom. The van der Waals surface area contributed by atoms with Crippen molar-refractivity contribution in [3.05, 3.63) is 35.6 Å². The van der Waals surface area contributed by atoms with E-state index < -0.39 is 0 Å². The zero-order chi connectivity index (χ0) is 10.6. The van der Waals surface area contributed by atoms with Gasteiger partial charge in [0.1, 0.15) is 5.82 Å². The smallest absolute Gasteiger partial charge is 0.123 e. The summed E-state index contributed by atoms with van der Waals surface area (Å²) in [7, 11) is 0. The summed E-state index contributed by atoms with van der Waals surface area (Å²) in [6.07, 6.45) is 0. The second-order valence-corrected chi connectivity index (χ2v) is 5.10. The molecule has 1 aromatic rings. The molecule has 3 heteroatoms. The summed E-state index contributed by atoms with van der Waals surface area (Å²) in [5, 5.41) is 0. The van der Waals surface area contributed by atoms with E-state index in [-0.39, 0.29) is 11.4 Å². The third-order valence-corrected chi connectivity index (χ3v) is 3.12. The van der Waals surface area contributed by atoms with Gasteiger partial charge in [-0.05, 0) is 31.5 Å². The molecular formula is C11H16FNS. The minimum absolute atomic E-state index is 0.155. The van der Waals surface area contributed by atoms with Crippen molar-refractivity contribution in [2.45, 2.75) is 25.1 Å². The maximum Gasteiger partial charge on any atom is 0.123 e. The fraction of sp³-hybridized carbons (Fsp3) is 0.455. The van der Waals surface area contributed by atoms with Crippen LogP contribution >= 0.6 is 11.8 Å². The Hall–Kier alpha value is -0.540. The first-order chi connectivity index (χ1) is 6.47. The van der Waals surface area contributed by atoms with Gasteiger partial charge in [0.05, 0.1) is 0 Å². The summed E-state index contributed by atoms with van der Waals surface area (Å²) >= 11 is 1.73. The molecule has 1 aromatic carbocycles. The molecule has 0 amide bonds. The van der Waals surface area contributed by atoms with Crippen molar-refractivity contribution >= 4 is 11.8 Å². The predicted octanol–water partition coefficient (Wildman–Crippen LogP) is 2.80. The molecule has 1 nitrogen and oxygen atoms in total. The Bertz CT molecular complexity index is 294. The van der Waals surface area contributed by atoms with Crippen molar-refractivity contribution in [3.8, 4) is 0 Å². The van der Waals surface area contributed by atoms with Crippen LogP contribution in [0.15, 0.2) is 24.3 Å². The number of nitrogens with two attached hydrogens (primary N) is 1. The van der Waals surface area contributed by atoms with E-state index in [1.54, 1.807) is 23.9 Å². The van der Waals surface area contributed by atoms with Crippen LogP contribution in [0.2, 0.25) is 0 Å². The lowest BCUT2D eigenvalue weighted by molar-refractivity contribution is 0.591. The van der Waals surface area contributed by atoms with Crippen LogP contribution in [-0.4, -0.2) is 11.3 Å². The largest absolute Gasteiger partial charge is 0.325 e. The molecule has 0 aliphatic carbocycles. The van der Waals surface area contributed by atoms with Crippen LogP contribution in [0.1, 0.15) is 19.4 Å². The average Bonchev–Trinajstić information content (AvgIpc) is 2.01. The Kier molecular flexibility index (Phi) is 3.96. The Labute approximate surface area is 88.9 Å². The number of hydrogen-bond acceptors (Lipinski definition) is 2. The molecule has 0 spiro atoms. The molecule has 0 aromatic heterocycles. The maximum atomic E-state index is 12.8. The molecule has 0 radical (unpaired) electrons. The van der Waals surface area contributed by atoms with Crippen LogP contribution in [0.4, 0.5) is 4.39 Å². The van der Waals surface area contributed by atoms with Gasteiger partial charge >= 0.3 is 0 Å². The minimum atomic E-state index is -0.171. The van der Waals surface area contributed by atoms with Crippen molar-refractivity contribution in [3.63, 3.8) is 0 Å². The third-order valence-electron chi connectivity index (χ3n) is 1.63. The lowest BCUT2D eigenvalue weighted by atomic mass is 10.1. The Balaban J connectivity index is 2.39. The SMILES string of the molecule is CC(C)(N)CSCc1cccc(F)c1. The molecule has 0 atom stereocenters. The van der Waals surface area contributed by atoms with Crippen LogP contribution in [-0.2, 0) is 5.75 Å². The standard InChI is InChI=1S/C11H16FNS/c1-11(2,13)8-14-7-9-4-3-5-10(12)6-9/h3-6H,7-8,13H2,1-2H3. The molecule has 0 unspecified atom stereocenters. The normalized spacial score (nSPS) is 11.7.